The molecular formula is C14H27N2NaO4. The van der Waals surface area contributed by atoms with Gasteiger partial charge in [-0.05, 0) is 6.42 Å². The second-order valence-corrected chi connectivity index (χ2v) is 5.00. The van der Waals surface area contributed by atoms with Crippen molar-refractivity contribution < 1.29 is 19.5 Å². The maximum absolute atomic E-state index is 11.5. The van der Waals surface area contributed by atoms with Crippen LogP contribution in [0.15, 0.2) is 0 Å². The number of hydrogen-bond donors (Lipinski definition) is 3. The van der Waals surface area contributed by atoms with E-state index in [0.717, 1.165) is 19.3 Å². The Labute approximate surface area is 148 Å². The van der Waals surface area contributed by atoms with Crippen molar-refractivity contribution >= 4 is 47.3 Å². The molecule has 118 valence electrons. The molecule has 6 nitrogen and oxygen atoms in total. The molecule has 4 N–H and O–H groups in total. The first kappa shape index (κ1) is 22.7. The second kappa shape index (κ2) is 14.4. The van der Waals surface area contributed by atoms with Crippen molar-refractivity contribution in [1.29, 1.82) is 0 Å². The van der Waals surface area contributed by atoms with Crippen molar-refractivity contribution in [3.05, 3.63) is 0 Å². The first-order chi connectivity index (χ1) is 9.47. The number of primary amides is 1. The number of aliphatic carboxylic acids is 1. The molecule has 7 heteroatoms. The second-order valence-electron chi connectivity index (χ2n) is 5.00. The van der Waals surface area contributed by atoms with E-state index in [0.29, 0.717) is 0 Å². The predicted molar refractivity (Wildman–Crippen MR) is 83.1 cm³/mol. The van der Waals surface area contributed by atoms with Crippen molar-refractivity contribution in [2.75, 3.05) is 0 Å². The molecule has 0 saturated carbocycles. The van der Waals surface area contributed by atoms with Gasteiger partial charge in [-0.1, -0.05) is 45.4 Å². The van der Waals surface area contributed by atoms with Crippen LogP contribution in [0, 0.1) is 0 Å². The number of nitrogens with one attached hydrogen (secondary N) is 1. The van der Waals surface area contributed by atoms with Crippen molar-refractivity contribution in [3.8, 4) is 0 Å². The van der Waals surface area contributed by atoms with Crippen molar-refractivity contribution in [1.82, 2.24) is 5.32 Å². The van der Waals surface area contributed by atoms with E-state index in [9.17, 15) is 14.4 Å². The van der Waals surface area contributed by atoms with Crippen LogP contribution in [0.4, 0.5) is 0 Å². The Bertz CT molecular complexity index is 324. The average Bonchev–Trinajstić information content (AvgIpc) is 2.36. The number of carboxylic acids is 1. The monoisotopic (exact) mass is 310 g/mol. The molecule has 2 amide bonds. The van der Waals surface area contributed by atoms with Gasteiger partial charge in [-0.3, -0.25) is 9.59 Å². The van der Waals surface area contributed by atoms with Crippen molar-refractivity contribution in [2.45, 2.75) is 70.8 Å². The number of unbranched alkanes of at least 4 members (excludes halogenated alkanes) is 6. The van der Waals surface area contributed by atoms with Gasteiger partial charge in [0.2, 0.25) is 11.8 Å². The molecule has 21 heavy (non-hydrogen) atoms. The van der Waals surface area contributed by atoms with Crippen LogP contribution < -0.4 is 11.1 Å². The zero-order valence-electron chi connectivity index (χ0n) is 12.2. The molecule has 0 aromatic heterocycles. The number of nitrogens with two attached hydrogens (primary N) is 1. The van der Waals surface area contributed by atoms with Crippen LogP contribution in [0.3, 0.4) is 0 Å². The van der Waals surface area contributed by atoms with Crippen molar-refractivity contribution in [3.63, 3.8) is 0 Å². The van der Waals surface area contributed by atoms with Gasteiger partial charge in [0, 0.05) is 6.42 Å². The molecule has 0 aromatic carbocycles. The Kier molecular flexibility index (Phi) is 15.5. The third-order valence-electron chi connectivity index (χ3n) is 3.05. The van der Waals surface area contributed by atoms with Crippen LogP contribution in [0.25, 0.3) is 0 Å². The number of carboxylic acid groups (broad SMARTS) is 1. The zero-order chi connectivity index (χ0) is 15.4. The molecular weight excluding hydrogens is 283 g/mol. The van der Waals surface area contributed by atoms with E-state index in [-0.39, 0.29) is 48.3 Å². The fraction of sp³-hybridized carbons (Fsp3) is 0.786. The first-order valence-corrected chi connectivity index (χ1v) is 7.27. The van der Waals surface area contributed by atoms with Crippen LogP contribution in [0.5, 0.6) is 0 Å². The third kappa shape index (κ3) is 14.1. The molecule has 0 aliphatic carbocycles. The van der Waals surface area contributed by atoms with Gasteiger partial charge in [0.05, 0.1) is 6.42 Å². The molecule has 0 aromatic rings. The molecule has 0 saturated heterocycles. The molecule has 0 rings (SSSR count). The van der Waals surface area contributed by atoms with E-state index < -0.39 is 17.9 Å². The van der Waals surface area contributed by atoms with Gasteiger partial charge in [-0.25, -0.2) is 4.79 Å². The van der Waals surface area contributed by atoms with E-state index in [4.69, 9.17) is 10.8 Å². The zero-order valence-corrected chi connectivity index (χ0v) is 12.2. The van der Waals surface area contributed by atoms with Gasteiger partial charge in [0.1, 0.15) is 6.04 Å². The van der Waals surface area contributed by atoms with Gasteiger partial charge >= 0.3 is 35.5 Å². The topological polar surface area (TPSA) is 109 Å². The third-order valence-corrected chi connectivity index (χ3v) is 3.05. The van der Waals surface area contributed by atoms with Gasteiger partial charge in [-0.2, -0.15) is 0 Å². The normalized spacial score (nSPS) is 11.3. The molecule has 0 fully saturated rings. The summed E-state index contributed by atoms with van der Waals surface area (Å²) in [5.41, 5.74) is 4.93. The minimum atomic E-state index is -1.24. The molecule has 0 spiro atoms. The number of rotatable bonds is 12. The standard InChI is InChI=1S/C14H26N2O4.Na.H/c1-2-3-4-5-6-7-8-9-13(18)16-11(14(19)20)10-12(15)17;;/h11H,2-10H2,1H3,(H2,15,17)(H,16,18)(H,19,20);;. The maximum atomic E-state index is 11.5. The van der Waals surface area contributed by atoms with Gasteiger partial charge < -0.3 is 16.2 Å². The summed E-state index contributed by atoms with van der Waals surface area (Å²) in [5, 5.41) is 11.2. The van der Waals surface area contributed by atoms with E-state index in [1.165, 1.54) is 25.7 Å². The summed E-state index contributed by atoms with van der Waals surface area (Å²) in [5.74, 6) is -2.32. The Balaban J connectivity index is 0. The molecule has 1 unspecified atom stereocenters. The van der Waals surface area contributed by atoms with E-state index in [1.807, 2.05) is 0 Å². The molecule has 0 heterocycles. The SMILES string of the molecule is CCCCCCCCCC(=O)NC(CC(N)=O)C(=O)O.[NaH]. The fourth-order valence-corrected chi connectivity index (χ4v) is 1.91. The van der Waals surface area contributed by atoms with Crippen molar-refractivity contribution in [2.24, 2.45) is 5.73 Å². The average molecular weight is 310 g/mol. The number of hydrogen-bond acceptors (Lipinski definition) is 3. The van der Waals surface area contributed by atoms with Gasteiger partial charge in [-0.15, -0.1) is 0 Å². The Morgan fingerprint density at radius 1 is 1.05 bits per heavy atom. The summed E-state index contributed by atoms with van der Waals surface area (Å²) in [7, 11) is 0. The summed E-state index contributed by atoms with van der Waals surface area (Å²) in [6.07, 6.45) is 7.56. The van der Waals surface area contributed by atoms with Crippen LogP contribution in [-0.2, 0) is 14.4 Å². The fourth-order valence-electron chi connectivity index (χ4n) is 1.91. The first-order valence-electron chi connectivity index (χ1n) is 7.27. The summed E-state index contributed by atoms with van der Waals surface area (Å²) >= 11 is 0. The quantitative estimate of drug-likeness (QED) is 0.368. The Hall–Kier alpha value is -0.590. The Morgan fingerprint density at radius 3 is 2.05 bits per heavy atom. The van der Waals surface area contributed by atoms with Crippen LogP contribution in [-0.4, -0.2) is 58.5 Å². The number of carbonyl (C=O) groups excluding carboxylic acids is 2. The summed E-state index contributed by atoms with van der Waals surface area (Å²) < 4.78 is 0. The van der Waals surface area contributed by atoms with Gasteiger partial charge in [0.25, 0.3) is 0 Å². The molecule has 1 atom stereocenters. The molecule has 0 aliphatic rings. The predicted octanol–water partition coefficient (Wildman–Crippen LogP) is 0.923. The van der Waals surface area contributed by atoms with Gasteiger partial charge in [0.15, 0.2) is 0 Å². The minimum absolute atomic E-state index is 0. The summed E-state index contributed by atoms with van der Waals surface area (Å²) in [6.45, 7) is 2.16. The molecule has 0 aliphatic heterocycles. The van der Waals surface area contributed by atoms with Crippen LogP contribution >= 0.6 is 0 Å². The number of carbonyl (C=O) groups is 3. The van der Waals surface area contributed by atoms with E-state index >= 15 is 0 Å². The Morgan fingerprint density at radius 2 is 1.57 bits per heavy atom. The van der Waals surface area contributed by atoms with Crippen LogP contribution in [0.1, 0.15) is 64.7 Å². The van der Waals surface area contributed by atoms with E-state index in [1.54, 1.807) is 0 Å². The summed E-state index contributed by atoms with van der Waals surface area (Å²) in [6, 6.07) is -1.22. The summed E-state index contributed by atoms with van der Waals surface area (Å²) in [4.78, 5) is 33.1. The molecule has 0 radical (unpaired) electrons. The number of amides is 2. The molecule has 0 bridgehead atoms. The van der Waals surface area contributed by atoms with Crippen LogP contribution in [0.2, 0.25) is 0 Å². The van der Waals surface area contributed by atoms with E-state index in [2.05, 4.69) is 12.2 Å².